The number of morpholine rings is 1. The van der Waals surface area contributed by atoms with Gasteiger partial charge >= 0.3 is 0 Å². The van der Waals surface area contributed by atoms with Crippen LogP contribution in [0.15, 0.2) is 0 Å². The monoisotopic (exact) mass is 115 g/mol. The summed E-state index contributed by atoms with van der Waals surface area (Å²) in [5, 5.41) is 3.14. The molecule has 0 amide bonds. The van der Waals surface area contributed by atoms with Gasteiger partial charge < -0.3 is 15.8 Å². The minimum absolute atomic E-state index is 0.549. The molecule has 1 heterocycles. The Morgan fingerprint density at radius 3 is 3.00 bits per heavy atom. The molecule has 1 fully saturated rings. The van der Waals surface area contributed by atoms with Crippen LogP contribution in [0.25, 0.3) is 0 Å². The van der Waals surface area contributed by atoms with Crippen molar-refractivity contribution in [2.24, 2.45) is 5.73 Å². The van der Waals surface area contributed by atoms with E-state index in [0.29, 0.717) is 6.54 Å². The van der Waals surface area contributed by atoms with Gasteiger partial charge in [-0.05, 0) is 0 Å². The maximum absolute atomic E-state index is 5.30. The topological polar surface area (TPSA) is 47.3 Å². The Morgan fingerprint density at radius 1 is 1.75 bits per heavy atom. The van der Waals surface area contributed by atoms with Crippen molar-refractivity contribution < 1.29 is 4.74 Å². The second-order valence-electron chi connectivity index (χ2n) is 1.77. The molecule has 47 valence electrons. The average Bonchev–Trinajstić information content (AvgIpc) is 1.90. The fourth-order valence-corrected chi connectivity index (χ4v) is 0.677. The van der Waals surface area contributed by atoms with E-state index in [-0.39, 0.29) is 0 Å². The first-order valence-electron chi connectivity index (χ1n) is 2.82. The van der Waals surface area contributed by atoms with Crippen molar-refractivity contribution in [2.45, 2.75) is 0 Å². The molecule has 8 heavy (non-hydrogen) atoms. The standard InChI is InChI=1S/C5H11N2O/c6-3-5-4-7-1-2-8-5/h7H,1-4,6H2. The summed E-state index contributed by atoms with van der Waals surface area (Å²) in [5.41, 5.74) is 5.30. The number of hydrogen-bond donors (Lipinski definition) is 2. The Morgan fingerprint density at radius 2 is 2.62 bits per heavy atom. The number of hydrogen-bond acceptors (Lipinski definition) is 3. The lowest BCUT2D eigenvalue weighted by atomic mass is 10.3. The van der Waals surface area contributed by atoms with Gasteiger partial charge in [0.25, 0.3) is 0 Å². The van der Waals surface area contributed by atoms with Crippen molar-refractivity contribution in [1.29, 1.82) is 0 Å². The number of rotatable bonds is 1. The maximum Gasteiger partial charge on any atom is 0.124 e. The van der Waals surface area contributed by atoms with Crippen LogP contribution in [0.5, 0.6) is 0 Å². The molecule has 0 aromatic rings. The van der Waals surface area contributed by atoms with Crippen LogP contribution in [-0.2, 0) is 4.74 Å². The second kappa shape index (κ2) is 3.02. The van der Waals surface area contributed by atoms with Crippen LogP contribution in [0.4, 0.5) is 0 Å². The molecule has 3 N–H and O–H groups in total. The van der Waals surface area contributed by atoms with Gasteiger partial charge in [-0.2, -0.15) is 0 Å². The van der Waals surface area contributed by atoms with Crippen LogP contribution in [0.3, 0.4) is 0 Å². The van der Waals surface area contributed by atoms with Gasteiger partial charge in [-0.1, -0.05) is 0 Å². The van der Waals surface area contributed by atoms with E-state index >= 15 is 0 Å². The summed E-state index contributed by atoms with van der Waals surface area (Å²) in [5.74, 6) is 0. The van der Waals surface area contributed by atoms with Crippen molar-refractivity contribution >= 4 is 0 Å². The van der Waals surface area contributed by atoms with Gasteiger partial charge in [0.05, 0.1) is 6.61 Å². The van der Waals surface area contributed by atoms with E-state index in [4.69, 9.17) is 10.5 Å². The van der Waals surface area contributed by atoms with Gasteiger partial charge in [-0.25, -0.2) is 0 Å². The zero-order chi connectivity index (χ0) is 5.82. The largest absolute Gasteiger partial charge is 0.368 e. The predicted molar refractivity (Wildman–Crippen MR) is 31.1 cm³/mol. The predicted octanol–water partition coefficient (Wildman–Crippen LogP) is -0.903. The highest BCUT2D eigenvalue weighted by atomic mass is 16.5. The number of nitrogens with two attached hydrogens (primary N) is 1. The Labute approximate surface area is 49.2 Å². The van der Waals surface area contributed by atoms with Crippen LogP contribution in [0, 0.1) is 6.10 Å². The SMILES string of the molecule is NC[C]1CNCCO1. The minimum Gasteiger partial charge on any atom is -0.368 e. The fourth-order valence-electron chi connectivity index (χ4n) is 0.677. The third-order valence-corrected chi connectivity index (χ3v) is 1.13. The summed E-state index contributed by atoms with van der Waals surface area (Å²) in [6.07, 6.45) is 0.969. The van der Waals surface area contributed by atoms with E-state index in [0.717, 1.165) is 25.8 Å². The third-order valence-electron chi connectivity index (χ3n) is 1.13. The fraction of sp³-hybridized carbons (Fsp3) is 0.800. The Hall–Kier alpha value is -0.120. The molecular formula is C5H11N2O. The Balaban J connectivity index is 2.13. The molecular weight excluding hydrogens is 104 g/mol. The molecule has 0 bridgehead atoms. The van der Waals surface area contributed by atoms with Crippen molar-refractivity contribution in [3.05, 3.63) is 6.10 Å². The third kappa shape index (κ3) is 1.43. The highest BCUT2D eigenvalue weighted by Gasteiger charge is 2.10. The average molecular weight is 115 g/mol. The highest BCUT2D eigenvalue weighted by Crippen LogP contribution is 2.00. The summed E-state index contributed by atoms with van der Waals surface area (Å²) in [7, 11) is 0. The maximum atomic E-state index is 5.30. The number of ether oxygens (including phenoxy) is 1. The summed E-state index contributed by atoms with van der Waals surface area (Å²) >= 11 is 0. The van der Waals surface area contributed by atoms with Crippen LogP contribution in [0.1, 0.15) is 0 Å². The van der Waals surface area contributed by atoms with E-state index in [1.54, 1.807) is 0 Å². The molecule has 1 rings (SSSR count). The Kier molecular flexibility index (Phi) is 2.27. The smallest absolute Gasteiger partial charge is 0.124 e. The molecule has 3 nitrogen and oxygen atoms in total. The molecule has 1 aliphatic heterocycles. The molecule has 0 aromatic heterocycles. The van der Waals surface area contributed by atoms with Crippen molar-refractivity contribution in [2.75, 3.05) is 26.2 Å². The second-order valence-corrected chi connectivity index (χ2v) is 1.77. The molecule has 0 aromatic carbocycles. The van der Waals surface area contributed by atoms with E-state index in [1.165, 1.54) is 0 Å². The normalized spacial score (nSPS) is 23.6. The van der Waals surface area contributed by atoms with Crippen molar-refractivity contribution in [1.82, 2.24) is 5.32 Å². The van der Waals surface area contributed by atoms with Crippen LogP contribution < -0.4 is 11.1 Å². The Bertz CT molecular complexity index is 61.4. The zero-order valence-corrected chi connectivity index (χ0v) is 4.81. The molecule has 1 saturated heterocycles. The molecule has 1 aliphatic rings. The lowest BCUT2D eigenvalue weighted by Gasteiger charge is -2.20. The van der Waals surface area contributed by atoms with E-state index in [1.807, 2.05) is 0 Å². The van der Waals surface area contributed by atoms with Crippen molar-refractivity contribution in [3.8, 4) is 0 Å². The van der Waals surface area contributed by atoms with E-state index in [2.05, 4.69) is 5.32 Å². The molecule has 0 aliphatic carbocycles. The zero-order valence-electron chi connectivity index (χ0n) is 4.81. The van der Waals surface area contributed by atoms with Gasteiger partial charge in [0.1, 0.15) is 6.10 Å². The first-order valence-corrected chi connectivity index (χ1v) is 2.82. The number of nitrogens with one attached hydrogen (secondary N) is 1. The molecule has 0 atom stereocenters. The summed E-state index contributed by atoms with van der Waals surface area (Å²) < 4.78 is 5.16. The first kappa shape index (κ1) is 6.01. The summed E-state index contributed by atoms with van der Waals surface area (Å²) in [6, 6.07) is 0. The highest BCUT2D eigenvalue weighted by molar-refractivity contribution is 4.85. The summed E-state index contributed by atoms with van der Waals surface area (Å²) in [6.45, 7) is 3.10. The molecule has 0 saturated carbocycles. The van der Waals surface area contributed by atoms with Crippen LogP contribution >= 0.6 is 0 Å². The van der Waals surface area contributed by atoms with Gasteiger partial charge in [0.2, 0.25) is 0 Å². The van der Waals surface area contributed by atoms with Gasteiger partial charge in [-0.3, -0.25) is 0 Å². The minimum atomic E-state index is 0.549. The summed E-state index contributed by atoms with van der Waals surface area (Å²) in [4.78, 5) is 0. The lowest BCUT2D eigenvalue weighted by Crippen LogP contribution is -2.36. The lowest BCUT2D eigenvalue weighted by molar-refractivity contribution is 0.113. The van der Waals surface area contributed by atoms with Gasteiger partial charge in [0.15, 0.2) is 0 Å². The van der Waals surface area contributed by atoms with Gasteiger partial charge in [-0.15, -0.1) is 0 Å². The van der Waals surface area contributed by atoms with Crippen molar-refractivity contribution in [3.63, 3.8) is 0 Å². The van der Waals surface area contributed by atoms with Gasteiger partial charge in [0, 0.05) is 19.6 Å². The van der Waals surface area contributed by atoms with E-state index < -0.39 is 0 Å². The molecule has 1 radical (unpaired) electrons. The molecule has 3 heteroatoms. The van der Waals surface area contributed by atoms with Crippen LogP contribution in [-0.4, -0.2) is 26.2 Å². The van der Waals surface area contributed by atoms with E-state index in [9.17, 15) is 0 Å². The molecule has 0 spiro atoms. The van der Waals surface area contributed by atoms with Crippen LogP contribution in [0.2, 0.25) is 0 Å². The first-order chi connectivity index (χ1) is 3.93. The molecule has 0 unspecified atom stereocenters. The quantitative estimate of drug-likeness (QED) is 0.465.